The molecule has 1 amide bonds. The van der Waals surface area contributed by atoms with E-state index in [0.29, 0.717) is 27.9 Å². The van der Waals surface area contributed by atoms with E-state index in [-0.39, 0.29) is 11.9 Å². The topological polar surface area (TPSA) is 71.7 Å². The predicted octanol–water partition coefficient (Wildman–Crippen LogP) is 5.37. The van der Waals surface area contributed by atoms with Gasteiger partial charge in [0.2, 0.25) is 0 Å². The van der Waals surface area contributed by atoms with Crippen molar-refractivity contribution in [3.63, 3.8) is 0 Å². The van der Waals surface area contributed by atoms with Gasteiger partial charge >= 0.3 is 0 Å². The zero-order valence-corrected chi connectivity index (χ0v) is 19.5. The maximum absolute atomic E-state index is 13.3. The van der Waals surface area contributed by atoms with Crippen molar-refractivity contribution in [2.24, 2.45) is 4.99 Å². The van der Waals surface area contributed by atoms with E-state index in [1.165, 1.54) is 11.8 Å². The lowest BCUT2D eigenvalue weighted by molar-refractivity contribution is -0.122. The molecule has 0 bridgehead atoms. The minimum absolute atomic E-state index is 0.0387. The third kappa shape index (κ3) is 4.03. The first-order valence-electron chi connectivity index (χ1n) is 10.1. The summed E-state index contributed by atoms with van der Waals surface area (Å²) in [5.74, 6) is -0.0387. The van der Waals surface area contributed by atoms with Crippen LogP contribution in [0.3, 0.4) is 0 Å². The molecule has 4 rings (SSSR count). The first-order chi connectivity index (χ1) is 14.9. The number of hydrogen-bond acceptors (Lipinski definition) is 7. The molecular formula is C23H23N5OS2. The van der Waals surface area contributed by atoms with E-state index in [1.54, 1.807) is 28.8 Å². The summed E-state index contributed by atoms with van der Waals surface area (Å²) in [6.45, 7) is 6.57. The predicted molar refractivity (Wildman–Crippen MR) is 130 cm³/mol. The van der Waals surface area contributed by atoms with Gasteiger partial charge in [-0.3, -0.25) is 9.69 Å². The summed E-state index contributed by atoms with van der Waals surface area (Å²) in [7, 11) is 1.99. The molecule has 0 saturated carbocycles. The summed E-state index contributed by atoms with van der Waals surface area (Å²) < 4.78 is 0. The Morgan fingerprint density at radius 2 is 1.97 bits per heavy atom. The van der Waals surface area contributed by atoms with Crippen LogP contribution in [0.5, 0.6) is 0 Å². The molecule has 6 nitrogen and oxygen atoms in total. The molecule has 2 aromatic carbocycles. The third-order valence-electron chi connectivity index (χ3n) is 4.90. The fourth-order valence-electron chi connectivity index (χ4n) is 3.43. The van der Waals surface area contributed by atoms with Gasteiger partial charge in [0.15, 0.2) is 5.17 Å². The molecule has 1 saturated heterocycles. The number of aliphatic imine (C=N–C) groups is 1. The molecule has 2 aliphatic heterocycles. The van der Waals surface area contributed by atoms with Crippen LogP contribution in [-0.2, 0) is 4.79 Å². The van der Waals surface area contributed by atoms with Crippen LogP contribution >= 0.6 is 23.5 Å². The number of amidine groups is 1. The zero-order chi connectivity index (χ0) is 22.1. The van der Waals surface area contributed by atoms with Gasteiger partial charge in [0.25, 0.3) is 5.91 Å². The van der Waals surface area contributed by atoms with Crippen molar-refractivity contribution < 1.29 is 4.79 Å². The molecule has 0 atom stereocenters. The number of rotatable bonds is 4. The van der Waals surface area contributed by atoms with Gasteiger partial charge in [0.1, 0.15) is 4.91 Å². The van der Waals surface area contributed by atoms with E-state index < -0.39 is 0 Å². The number of nitriles is 1. The lowest BCUT2D eigenvalue weighted by atomic mass is 10.2. The smallest absolute Gasteiger partial charge is 0.269 e. The van der Waals surface area contributed by atoms with Crippen LogP contribution in [0, 0.1) is 11.3 Å². The van der Waals surface area contributed by atoms with Gasteiger partial charge in [-0.05, 0) is 62.9 Å². The van der Waals surface area contributed by atoms with E-state index in [0.717, 1.165) is 21.3 Å². The molecule has 0 spiro atoms. The number of carbonyl (C=O) groups excluding carboxylic acids is 1. The summed E-state index contributed by atoms with van der Waals surface area (Å²) >= 11 is 3.00. The molecule has 8 heteroatoms. The summed E-state index contributed by atoms with van der Waals surface area (Å²) in [6.07, 6.45) is 0. The van der Waals surface area contributed by atoms with Crippen LogP contribution in [0.1, 0.15) is 26.3 Å². The number of para-hydroxylation sites is 1. The van der Waals surface area contributed by atoms with Gasteiger partial charge in [0, 0.05) is 24.5 Å². The lowest BCUT2D eigenvalue weighted by Crippen LogP contribution is -2.29. The van der Waals surface area contributed by atoms with Gasteiger partial charge < -0.3 is 10.2 Å². The van der Waals surface area contributed by atoms with Crippen LogP contribution in [-0.4, -0.2) is 35.6 Å². The number of fused-ring (bicyclic) bond motifs is 1. The van der Waals surface area contributed by atoms with Crippen LogP contribution in [0.25, 0.3) is 0 Å². The van der Waals surface area contributed by atoms with Crippen molar-refractivity contribution in [2.75, 3.05) is 23.8 Å². The first kappa shape index (κ1) is 21.3. The molecule has 0 unspecified atom stereocenters. The number of nitrogens with one attached hydrogen (secondary N) is 1. The van der Waals surface area contributed by atoms with Gasteiger partial charge in [0.05, 0.1) is 33.7 Å². The molecule has 1 N–H and O–H groups in total. The Morgan fingerprint density at radius 1 is 1.19 bits per heavy atom. The number of carbonyl (C=O) groups is 1. The van der Waals surface area contributed by atoms with Crippen LogP contribution < -0.4 is 10.2 Å². The average molecular weight is 450 g/mol. The van der Waals surface area contributed by atoms with Crippen molar-refractivity contribution in [3.05, 3.63) is 58.0 Å². The summed E-state index contributed by atoms with van der Waals surface area (Å²) in [5.41, 5.74) is 3.13. The molecule has 0 aliphatic carbocycles. The summed E-state index contributed by atoms with van der Waals surface area (Å²) in [5, 5.41) is 14.3. The molecule has 2 aromatic rings. The van der Waals surface area contributed by atoms with E-state index in [2.05, 4.69) is 42.3 Å². The quantitative estimate of drug-likeness (QED) is 0.633. The summed E-state index contributed by atoms with van der Waals surface area (Å²) in [6, 6.07) is 15.9. The van der Waals surface area contributed by atoms with Crippen molar-refractivity contribution in [1.29, 1.82) is 5.26 Å². The van der Waals surface area contributed by atoms with Crippen molar-refractivity contribution in [1.82, 2.24) is 4.90 Å². The third-order valence-corrected chi connectivity index (χ3v) is 7.33. The molecule has 31 heavy (non-hydrogen) atoms. The normalized spacial score (nSPS) is 19.4. The Balaban J connectivity index is 1.75. The van der Waals surface area contributed by atoms with Crippen LogP contribution in [0.15, 0.2) is 62.3 Å². The lowest BCUT2D eigenvalue weighted by Gasteiger charge is -2.16. The number of amides is 1. The number of nitrogens with zero attached hydrogens (tertiary/aromatic N) is 4. The SMILES string of the molecule is CCN1C(=O)/C(=C2/Sc3ccccc3N2C)SC1=Nc1cc(C#N)ccc1NC(C)C. The highest BCUT2D eigenvalue weighted by atomic mass is 32.2. The van der Waals surface area contributed by atoms with E-state index in [4.69, 9.17) is 4.99 Å². The number of benzene rings is 2. The second-order valence-corrected chi connectivity index (χ2v) is 9.46. The van der Waals surface area contributed by atoms with Gasteiger partial charge in [-0.15, -0.1) is 0 Å². The molecular weight excluding hydrogens is 426 g/mol. The highest BCUT2D eigenvalue weighted by molar-refractivity contribution is 8.19. The number of hydrogen-bond donors (Lipinski definition) is 1. The Bertz CT molecular complexity index is 1150. The summed E-state index contributed by atoms with van der Waals surface area (Å²) in [4.78, 5) is 23.7. The molecule has 2 aliphatic rings. The Morgan fingerprint density at radius 3 is 2.65 bits per heavy atom. The number of likely N-dealkylation sites (N-methyl/N-ethyl adjacent to an activating group) is 1. The minimum atomic E-state index is -0.0387. The van der Waals surface area contributed by atoms with Gasteiger partial charge in [-0.25, -0.2) is 4.99 Å². The van der Waals surface area contributed by atoms with E-state index in [1.807, 2.05) is 32.2 Å². The van der Waals surface area contributed by atoms with Crippen molar-refractivity contribution in [3.8, 4) is 6.07 Å². The minimum Gasteiger partial charge on any atom is -0.381 e. The highest BCUT2D eigenvalue weighted by Gasteiger charge is 2.38. The second-order valence-electron chi connectivity index (χ2n) is 7.45. The van der Waals surface area contributed by atoms with Gasteiger partial charge in [-0.2, -0.15) is 5.26 Å². The van der Waals surface area contributed by atoms with Crippen molar-refractivity contribution >= 4 is 51.7 Å². The Hall–Kier alpha value is -2.89. The van der Waals surface area contributed by atoms with E-state index >= 15 is 0 Å². The largest absolute Gasteiger partial charge is 0.381 e. The zero-order valence-electron chi connectivity index (χ0n) is 17.8. The maximum Gasteiger partial charge on any atom is 0.269 e. The standard InChI is InChI=1S/C23H23N5OS2/c1-5-28-21(29)20(22-27(4)18-8-6-7-9-19(18)30-22)31-23(28)26-17-12-15(13-24)10-11-16(17)25-14(2)3/h6-12,14,25H,5H2,1-4H3/b22-20-,26-23?. The number of thioether (sulfide) groups is 2. The van der Waals surface area contributed by atoms with Gasteiger partial charge in [-0.1, -0.05) is 23.9 Å². The number of anilines is 2. The molecule has 2 heterocycles. The monoisotopic (exact) mass is 449 g/mol. The first-order valence-corrected chi connectivity index (χ1v) is 11.7. The fraction of sp³-hybridized carbons (Fsp3) is 0.261. The van der Waals surface area contributed by atoms with E-state index in [9.17, 15) is 10.1 Å². The Kier molecular flexibility index (Phi) is 5.99. The Labute approximate surface area is 191 Å². The highest BCUT2D eigenvalue weighted by Crippen LogP contribution is 2.50. The molecule has 1 fully saturated rings. The molecule has 0 aromatic heterocycles. The maximum atomic E-state index is 13.3. The van der Waals surface area contributed by atoms with Crippen LogP contribution in [0.2, 0.25) is 0 Å². The van der Waals surface area contributed by atoms with Crippen LogP contribution in [0.4, 0.5) is 17.1 Å². The second kappa shape index (κ2) is 8.69. The van der Waals surface area contributed by atoms with Crippen molar-refractivity contribution in [2.45, 2.75) is 31.7 Å². The molecule has 158 valence electrons. The fourth-order valence-corrected chi connectivity index (χ4v) is 5.83. The average Bonchev–Trinajstić information content (AvgIpc) is 3.25. The molecule has 0 radical (unpaired) electrons.